The zero-order chi connectivity index (χ0) is 10.7. The topological polar surface area (TPSA) is 39.1 Å². The molecule has 1 aliphatic rings. The molecule has 0 atom stereocenters. The number of carbonyl (C=O) groups is 1. The van der Waals surface area contributed by atoms with Crippen molar-refractivity contribution in [2.45, 2.75) is 0 Å². The maximum Gasteiger partial charge on any atom is 0.339 e. The van der Waals surface area contributed by atoms with Crippen LogP contribution in [0.25, 0.3) is 0 Å². The second kappa shape index (κ2) is 4.79. The highest BCUT2D eigenvalue weighted by Crippen LogP contribution is 2.24. The zero-order valence-corrected chi connectivity index (χ0v) is 10.4. The van der Waals surface area contributed by atoms with Crippen LogP contribution >= 0.6 is 23.5 Å². The van der Waals surface area contributed by atoms with Crippen LogP contribution < -0.4 is 0 Å². The molecule has 0 spiro atoms. The molecule has 80 valence electrons. The van der Waals surface area contributed by atoms with Crippen molar-refractivity contribution in [3.8, 4) is 0 Å². The van der Waals surface area contributed by atoms with E-state index in [1.165, 1.54) is 9.91 Å². The van der Waals surface area contributed by atoms with Crippen molar-refractivity contribution in [1.29, 1.82) is 0 Å². The number of rotatable bonds is 1. The molecule has 0 N–H and O–H groups in total. The molecular formula is C7H14N4OS2. The van der Waals surface area contributed by atoms with Gasteiger partial charge in [0.15, 0.2) is 4.38 Å². The average molecular weight is 234 g/mol. The summed E-state index contributed by atoms with van der Waals surface area (Å²) in [4.78, 5) is 13.1. The van der Waals surface area contributed by atoms with Crippen LogP contribution in [0.4, 0.5) is 4.79 Å². The lowest BCUT2D eigenvalue weighted by atomic mass is 10.8. The Hall–Kier alpha value is -0.560. The minimum absolute atomic E-state index is 0.0725. The molecule has 0 unspecified atom stereocenters. The smallest absolute Gasteiger partial charge is 0.329 e. The minimum Gasteiger partial charge on any atom is -0.329 e. The molecule has 0 aromatic carbocycles. The van der Waals surface area contributed by atoms with Crippen LogP contribution in [0.1, 0.15) is 0 Å². The third-order valence-corrected chi connectivity index (χ3v) is 3.65. The molecule has 7 heteroatoms. The molecule has 0 saturated carbocycles. The fourth-order valence-electron chi connectivity index (χ4n) is 0.907. The third kappa shape index (κ3) is 2.48. The van der Waals surface area contributed by atoms with Crippen molar-refractivity contribution >= 4 is 33.9 Å². The normalized spacial score (nSPS) is 15.4. The van der Waals surface area contributed by atoms with Gasteiger partial charge >= 0.3 is 6.03 Å². The Balaban J connectivity index is 2.59. The van der Waals surface area contributed by atoms with Gasteiger partial charge in [-0.1, -0.05) is 11.8 Å². The van der Waals surface area contributed by atoms with E-state index in [4.69, 9.17) is 0 Å². The molecule has 0 radical (unpaired) electrons. The Bertz CT molecular complexity index is 256. The third-order valence-electron chi connectivity index (χ3n) is 1.68. The van der Waals surface area contributed by atoms with E-state index < -0.39 is 0 Å². The van der Waals surface area contributed by atoms with Gasteiger partial charge in [-0.2, -0.15) is 5.12 Å². The number of amides is 2. The van der Waals surface area contributed by atoms with E-state index in [1.807, 2.05) is 6.26 Å². The summed E-state index contributed by atoms with van der Waals surface area (Å²) in [6.45, 7) is 0. The number of hydrogen-bond acceptors (Lipinski definition) is 5. The van der Waals surface area contributed by atoms with Gasteiger partial charge in [-0.05, 0) is 6.26 Å². The van der Waals surface area contributed by atoms with Crippen LogP contribution in [0.3, 0.4) is 0 Å². The van der Waals surface area contributed by atoms with Gasteiger partial charge in [0.2, 0.25) is 0 Å². The summed E-state index contributed by atoms with van der Waals surface area (Å²) in [5.41, 5.74) is 0. The maximum atomic E-state index is 11.5. The van der Waals surface area contributed by atoms with Gasteiger partial charge in [-0.15, -0.1) is 16.9 Å². The first-order chi connectivity index (χ1) is 6.56. The first-order valence-corrected chi connectivity index (χ1v) is 6.25. The van der Waals surface area contributed by atoms with E-state index in [-0.39, 0.29) is 6.03 Å². The molecule has 0 aromatic heterocycles. The molecule has 0 fully saturated rings. The number of hydrogen-bond donors (Lipinski definition) is 0. The first-order valence-electron chi connectivity index (χ1n) is 4.04. The number of carbonyl (C=O) groups excluding carboxylic acids is 1. The average Bonchev–Trinajstić information content (AvgIpc) is 2.63. The minimum atomic E-state index is -0.0725. The van der Waals surface area contributed by atoms with Crippen molar-refractivity contribution in [2.75, 3.05) is 33.3 Å². The predicted molar refractivity (Wildman–Crippen MR) is 62.1 cm³/mol. The monoisotopic (exact) mass is 234 g/mol. The van der Waals surface area contributed by atoms with Crippen LogP contribution in [0, 0.1) is 0 Å². The highest BCUT2D eigenvalue weighted by Gasteiger charge is 2.22. The first kappa shape index (κ1) is 11.5. The maximum absolute atomic E-state index is 11.5. The summed E-state index contributed by atoms with van der Waals surface area (Å²) in [6, 6.07) is -0.0725. The Morgan fingerprint density at radius 2 is 2.21 bits per heavy atom. The van der Waals surface area contributed by atoms with Crippen molar-refractivity contribution < 1.29 is 4.79 Å². The largest absolute Gasteiger partial charge is 0.339 e. The lowest BCUT2D eigenvalue weighted by molar-refractivity contribution is 0.0478. The summed E-state index contributed by atoms with van der Waals surface area (Å²) in [7, 11) is 5.16. The Morgan fingerprint density at radius 1 is 1.57 bits per heavy atom. The van der Waals surface area contributed by atoms with Crippen LogP contribution in [0.2, 0.25) is 0 Å². The summed E-state index contributed by atoms with van der Waals surface area (Å²) < 4.78 is 0.989. The molecule has 0 saturated heterocycles. The molecule has 5 nitrogen and oxygen atoms in total. The zero-order valence-electron chi connectivity index (χ0n) is 8.72. The molecule has 0 aliphatic carbocycles. The number of nitrogens with zero attached hydrogens (tertiary/aromatic N) is 4. The predicted octanol–water partition coefficient (Wildman–Crippen LogP) is 1.16. The molecule has 2 amide bonds. The Labute approximate surface area is 92.4 Å². The van der Waals surface area contributed by atoms with Gasteiger partial charge in [-0.3, -0.25) is 0 Å². The number of thioether (sulfide) groups is 2. The fourth-order valence-corrected chi connectivity index (χ4v) is 2.32. The molecule has 14 heavy (non-hydrogen) atoms. The van der Waals surface area contributed by atoms with E-state index in [2.05, 4.69) is 5.10 Å². The summed E-state index contributed by atoms with van der Waals surface area (Å²) >= 11 is 3.23. The number of hydrazine groups is 1. The molecule has 0 bridgehead atoms. The standard InChI is InChI=1S/C7H14N4OS2/c1-9(2)7(12)10(3)11-5-14-6(8-11)13-4/h5H2,1-4H3. The van der Waals surface area contributed by atoms with Crippen LogP contribution in [-0.4, -0.2) is 58.7 Å². The van der Waals surface area contributed by atoms with Crippen molar-refractivity contribution in [3.63, 3.8) is 0 Å². The fraction of sp³-hybridized carbons (Fsp3) is 0.714. The Morgan fingerprint density at radius 3 is 2.64 bits per heavy atom. The van der Waals surface area contributed by atoms with Crippen LogP contribution in [0.15, 0.2) is 5.10 Å². The van der Waals surface area contributed by atoms with Crippen LogP contribution in [0.5, 0.6) is 0 Å². The summed E-state index contributed by atoms with van der Waals surface area (Å²) in [5.74, 6) is 0.701. The van der Waals surface area contributed by atoms with Gasteiger partial charge in [0, 0.05) is 21.1 Å². The Kier molecular flexibility index (Phi) is 3.94. The van der Waals surface area contributed by atoms with Crippen LogP contribution in [-0.2, 0) is 0 Å². The number of hydrazone groups is 1. The van der Waals surface area contributed by atoms with Gasteiger partial charge in [0.25, 0.3) is 0 Å². The molecule has 1 aliphatic heterocycles. The van der Waals surface area contributed by atoms with Crippen molar-refractivity contribution in [1.82, 2.24) is 15.0 Å². The molecule has 1 heterocycles. The van der Waals surface area contributed by atoms with E-state index >= 15 is 0 Å². The SMILES string of the molecule is CSC1=NN(N(C)C(=O)N(C)C)CS1. The summed E-state index contributed by atoms with van der Waals surface area (Å²) in [6.07, 6.45) is 1.98. The second-order valence-corrected chi connectivity index (χ2v) is 4.90. The number of urea groups is 1. The highest BCUT2D eigenvalue weighted by molar-refractivity contribution is 8.38. The van der Waals surface area contributed by atoms with Gasteiger partial charge in [-0.25, -0.2) is 9.80 Å². The van der Waals surface area contributed by atoms with Crippen molar-refractivity contribution in [3.05, 3.63) is 0 Å². The lowest BCUT2D eigenvalue weighted by Gasteiger charge is -2.27. The van der Waals surface area contributed by atoms with Gasteiger partial charge < -0.3 is 4.90 Å². The van der Waals surface area contributed by atoms with Crippen molar-refractivity contribution in [2.24, 2.45) is 5.10 Å². The van der Waals surface area contributed by atoms with Gasteiger partial charge in [0.1, 0.15) is 5.88 Å². The summed E-state index contributed by atoms with van der Waals surface area (Å²) in [5, 5.41) is 7.44. The second-order valence-electron chi connectivity index (χ2n) is 2.92. The molecule has 0 aromatic rings. The van der Waals surface area contributed by atoms with E-state index in [9.17, 15) is 4.79 Å². The van der Waals surface area contributed by atoms with E-state index in [0.29, 0.717) is 5.88 Å². The van der Waals surface area contributed by atoms with E-state index in [0.717, 1.165) is 4.38 Å². The highest BCUT2D eigenvalue weighted by atomic mass is 32.2. The van der Waals surface area contributed by atoms with E-state index in [1.54, 1.807) is 49.8 Å². The molecular weight excluding hydrogens is 220 g/mol. The lowest BCUT2D eigenvalue weighted by Crippen LogP contribution is -2.44. The molecule has 1 rings (SSSR count). The van der Waals surface area contributed by atoms with Gasteiger partial charge in [0.05, 0.1) is 0 Å². The quantitative estimate of drug-likeness (QED) is 0.682.